The molecule has 7 nitrogen and oxygen atoms in total. The molecule has 2 N–H and O–H groups in total. The Morgan fingerprint density at radius 3 is 2.72 bits per heavy atom. The molecule has 0 radical (unpaired) electrons. The predicted molar refractivity (Wildman–Crippen MR) is 124 cm³/mol. The van der Waals surface area contributed by atoms with Gasteiger partial charge < -0.3 is 19.7 Å². The molecule has 4 aromatic rings. The number of carboxylic acids is 1. The Bertz CT molecular complexity index is 1260. The van der Waals surface area contributed by atoms with Crippen molar-refractivity contribution in [2.45, 2.75) is 18.9 Å². The summed E-state index contributed by atoms with van der Waals surface area (Å²) in [6.07, 6.45) is 3.56. The molecule has 1 aliphatic heterocycles. The normalized spacial score (nSPS) is 14.6. The van der Waals surface area contributed by atoms with Crippen LogP contribution in [-0.4, -0.2) is 45.2 Å². The highest BCUT2D eigenvalue weighted by atomic mass is 35.5. The van der Waals surface area contributed by atoms with Gasteiger partial charge in [0.1, 0.15) is 23.5 Å². The summed E-state index contributed by atoms with van der Waals surface area (Å²) in [6, 6.07) is 16.2. The van der Waals surface area contributed by atoms with Gasteiger partial charge in [0.25, 0.3) is 0 Å². The molecule has 0 bridgehead atoms. The van der Waals surface area contributed by atoms with E-state index in [1.54, 1.807) is 24.3 Å². The van der Waals surface area contributed by atoms with Crippen molar-refractivity contribution in [3.05, 3.63) is 71.4 Å². The van der Waals surface area contributed by atoms with E-state index in [4.69, 9.17) is 21.4 Å². The van der Waals surface area contributed by atoms with Gasteiger partial charge in [-0.2, -0.15) is 0 Å². The van der Waals surface area contributed by atoms with Gasteiger partial charge in [0.05, 0.1) is 16.6 Å². The van der Waals surface area contributed by atoms with Crippen LogP contribution in [0.4, 0.5) is 5.82 Å². The number of aromatic amines is 1. The number of anilines is 1. The number of ether oxygens (including phenoxy) is 1. The fourth-order valence-electron chi connectivity index (χ4n) is 3.93. The van der Waals surface area contributed by atoms with E-state index >= 15 is 0 Å². The van der Waals surface area contributed by atoms with Gasteiger partial charge in [-0.15, -0.1) is 0 Å². The van der Waals surface area contributed by atoms with Crippen LogP contribution in [0.25, 0.3) is 22.4 Å². The maximum atomic E-state index is 11.1. The molecule has 1 fully saturated rings. The first kappa shape index (κ1) is 20.3. The standard InChI is InChI=1S/C24H21ClN4O3/c25-17-5-6-20-21(13-17)28-23(27-20)16-4-7-22(26-14-16)29-10-8-18(9-11-29)32-19-3-1-2-15(12-19)24(30)31/h1-7,12-14,18H,8-11H2,(H,27,28)(H,30,31). The van der Waals surface area contributed by atoms with E-state index in [1.165, 1.54) is 0 Å². The third kappa shape index (κ3) is 4.24. The smallest absolute Gasteiger partial charge is 0.335 e. The Hall–Kier alpha value is -3.58. The molecular weight excluding hydrogens is 428 g/mol. The number of hydrogen-bond donors (Lipinski definition) is 2. The number of benzene rings is 2. The highest BCUT2D eigenvalue weighted by Gasteiger charge is 2.22. The highest BCUT2D eigenvalue weighted by Crippen LogP contribution is 2.26. The Labute approximate surface area is 189 Å². The molecule has 3 heterocycles. The monoisotopic (exact) mass is 448 g/mol. The third-order valence-corrected chi connectivity index (χ3v) is 5.85. The zero-order valence-electron chi connectivity index (χ0n) is 17.2. The van der Waals surface area contributed by atoms with Crippen LogP contribution in [0.15, 0.2) is 60.8 Å². The van der Waals surface area contributed by atoms with E-state index in [-0.39, 0.29) is 11.7 Å². The fourth-order valence-corrected chi connectivity index (χ4v) is 4.09. The van der Waals surface area contributed by atoms with E-state index in [0.29, 0.717) is 10.8 Å². The zero-order valence-corrected chi connectivity index (χ0v) is 17.9. The minimum atomic E-state index is -0.953. The number of hydrogen-bond acceptors (Lipinski definition) is 5. The van der Waals surface area contributed by atoms with Crippen LogP contribution in [0.1, 0.15) is 23.2 Å². The van der Waals surface area contributed by atoms with Gasteiger partial charge in [0.2, 0.25) is 0 Å². The first-order chi connectivity index (χ1) is 15.5. The van der Waals surface area contributed by atoms with Crippen molar-refractivity contribution in [1.82, 2.24) is 15.0 Å². The van der Waals surface area contributed by atoms with Gasteiger partial charge in [-0.05, 0) is 48.5 Å². The molecule has 8 heteroatoms. The molecule has 0 unspecified atom stereocenters. The highest BCUT2D eigenvalue weighted by molar-refractivity contribution is 6.31. The quantitative estimate of drug-likeness (QED) is 0.445. The second-order valence-electron chi connectivity index (χ2n) is 7.79. The first-order valence-electron chi connectivity index (χ1n) is 10.4. The number of carbonyl (C=O) groups is 1. The topological polar surface area (TPSA) is 91.3 Å². The van der Waals surface area contributed by atoms with Crippen LogP contribution in [0.2, 0.25) is 5.02 Å². The molecule has 162 valence electrons. The van der Waals surface area contributed by atoms with E-state index in [0.717, 1.165) is 54.2 Å². The molecule has 0 aliphatic carbocycles. The molecule has 1 aliphatic rings. The lowest BCUT2D eigenvalue weighted by atomic mass is 10.1. The number of H-pyrrole nitrogens is 1. The lowest BCUT2D eigenvalue weighted by molar-refractivity contribution is 0.0695. The number of aromatic carboxylic acids is 1. The van der Waals surface area contributed by atoms with Crippen LogP contribution in [-0.2, 0) is 0 Å². The molecule has 2 aromatic carbocycles. The van der Waals surface area contributed by atoms with Crippen LogP contribution >= 0.6 is 11.6 Å². The maximum absolute atomic E-state index is 11.1. The van der Waals surface area contributed by atoms with E-state index < -0.39 is 5.97 Å². The number of fused-ring (bicyclic) bond motifs is 1. The second-order valence-corrected chi connectivity index (χ2v) is 8.23. The van der Waals surface area contributed by atoms with E-state index in [2.05, 4.69) is 19.9 Å². The van der Waals surface area contributed by atoms with Gasteiger partial charge in [-0.3, -0.25) is 0 Å². The molecule has 5 rings (SSSR count). The molecular formula is C24H21ClN4O3. The summed E-state index contributed by atoms with van der Waals surface area (Å²) >= 11 is 6.05. The number of carboxylic acid groups (broad SMARTS) is 1. The average Bonchev–Trinajstić information content (AvgIpc) is 3.23. The number of pyridine rings is 1. The van der Waals surface area contributed by atoms with Crippen molar-refractivity contribution >= 4 is 34.4 Å². The molecule has 2 aromatic heterocycles. The van der Waals surface area contributed by atoms with Crippen molar-refractivity contribution in [2.24, 2.45) is 0 Å². The summed E-state index contributed by atoms with van der Waals surface area (Å²) in [6.45, 7) is 1.64. The Balaban J connectivity index is 1.22. The fraction of sp³-hybridized carbons (Fsp3) is 0.208. The van der Waals surface area contributed by atoms with Crippen molar-refractivity contribution in [1.29, 1.82) is 0 Å². The van der Waals surface area contributed by atoms with Crippen LogP contribution in [0, 0.1) is 0 Å². The molecule has 0 saturated carbocycles. The summed E-state index contributed by atoms with van der Waals surface area (Å²) in [4.78, 5) is 25.9. The van der Waals surface area contributed by atoms with Crippen LogP contribution in [0.5, 0.6) is 5.75 Å². The van der Waals surface area contributed by atoms with Gasteiger partial charge in [-0.25, -0.2) is 14.8 Å². The Kier molecular flexibility index (Phi) is 5.41. The minimum Gasteiger partial charge on any atom is -0.490 e. The average molecular weight is 449 g/mol. The largest absolute Gasteiger partial charge is 0.490 e. The maximum Gasteiger partial charge on any atom is 0.335 e. The Morgan fingerprint density at radius 1 is 1.12 bits per heavy atom. The first-order valence-corrected chi connectivity index (χ1v) is 10.8. The van der Waals surface area contributed by atoms with Crippen LogP contribution in [0.3, 0.4) is 0 Å². The third-order valence-electron chi connectivity index (χ3n) is 5.62. The molecule has 0 spiro atoms. The number of aromatic nitrogens is 3. The van der Waals surface area contributed by atoms with Gasteiger partial charge in [0, 0.05) is 42.7 Å². The SMILES string of the molecule is O=C(O)c1cccc(OC2CCN(c3ccc(-c4nc5cc(Cl)ccc5[nH]4)cn3)CC2)c1. The lowest BCUT2D eigenvalue weighted by Gasteiger charge is -2.33. The summed E-state index contributed by atoms with van der Waals surface area (Å²) in [7, 11) is 0. The van der Waals surface area contributed by atoms with Gasteiger partial charge >= 0.3 is 5.97 Å². The lowest BCUT2D eigenvalue weighted by Crippen LogP contribution is -2.38. The predicted octanol–water partition coefficient (Wildman–Crippen LogP) is 5.02. The summed E-state index contributed by atoms with van der Waals surface area (Å²) in [5.74, 6) is 1.32. The molecule has 0 amide bonds. The van der Waals surface area contributed by atoms with E-state index in [9.17, 15) is 4.79 Å². The van der Waals surface area contributed by atoms with Crippen molar-refractivity contribution < 1.29 is 14.6 Å². The molecule has 1 saturated heterocycles. The van der Waals surface area contributed by atoms with Crippen molar-refractivity contribution in [3.63, 3.8) is 0 Å². The number of nitrogens with zero attached hydrogens (tertiary/aromatic N) is 3. The second kappa shape index (κ2) is 8.51. The minimum absolute atomic E-state index is 0.0527. The zero-order chi connectivity index (χ0) is 22.1. The Morgan fingerprint density at radius 2 is 1.97 bits per heavy atom. The molecule has 0 atom stereocenters. The van der Waals surface area contributed by atoms with E-state index in [1.807, 2.05) is 36.5 Å². The number of piperidine rings is 1. The summed E-state index contributed by atoms with van der Waals surface area (Å²) < 4.78 is 6.01. The van der Waals surface area contributed by atoms with Gasteiger partial charge in [-0.1, -0.05) is 17.7 Å². The number of imidazole rings is 1. The van der Waals surface area contributed by atoms with Crippen molar-refractivity contribution in [3.8, 4) is 17.1 Å². The number of rotatable bonds is 5. The molecule has 32 heavy (non-hydrogen) atoms. The summed E-state index contributed by atoms with van der Waals surface area (Å²) in [5, 5.41) is 9.79. The number of nitrogens with one attached hydrogen (secondary N) is 1. The number of halogens is 1. The van der Waals surface area contributed by atoms with Gasteiger partial charge in [0.15, 0.2) is 0 Å². The summed E-state index contributed by atoms with van der Waals surface area (Å²) in [5.41, 5.74) is 2.91. The van der Waals surface area contributed by atoms with Crippen LogP contribution < -0.4 is 9.64 Å². The van der Waals surface area contributed by atoms with Crippen molar-refractivity contribution in [2.75, 3.05) is 18.0 Å².